The van der Waals surface area contributed by atoms with Crippen LogP contribution in [0.4, 0.5) is 0 Å². The van der Waals surface area contributed by atoms with Crippen molar-refractivity contribution < 1.29 is 59.1 Å². The highest BCUT2D eigenvalue weighted by atomic mass is 16.7. The van der Waals surface area contributed by atoms with Gasteiger partial charge in [-0.25, -0.2) is 0 Å². The molecule has 22 heteroatoms. The van der Waals surface area contributed by atoms with Crippen LogP contribution in [-0.2, 0) is 28.4 Å². The number of nitrogens with one attached hydrogen (secondary N) is 2. The summed E-state index contributed by atoms with van der Waals surface area (Å²) in [4.78, 5) is 0. The number of aliphatic hydroxyl groups is 6. The molecule has 56 heavy (non-hydrogen) atoms. The zero-order chi connectivity index (χ0) is 41.1. The average Bonchev–Trinajstić information content (AvgIpc) is 3.14. The fourth-order valence-corrected chi connectivity index (χ4v) is 7.74. The first kappa shape index (κ1) is 47.8. The van der Waals surface area contributed by atoms with Crippen LogP contribution in [0.1, 0.15) is 38.5 Å². The smallest absolute Gasteiger partial charge is 0.176 e. The van der Waals surface area contributed by atoms with Crippen LogP contribution in [-0.4, -0.2) is 205 Å². The third kappa shape index (κ3) is 13.3. The lowest BCUT2D eigenvalue weighted by atomic mass is 9.84. The molecule has 0 radical (unpaired) electrons. The number of rotatable bonds is 21. The molecule has 0 unspecified atom stereocenters. The molecule has 0 bridgehead atoms. The van der Waals surface area contributed by atoms with E-state index >= 15 is 0 Å². The Balaban J connectivity index is 1.07. The zero-order valence-electron chi connectivity index (χ0n) is 32.2. The van der Waals surface area contributed by atoms with E-state index in [1.807, 2.05) is 0 Å². The second-order valence-electron chi connectivity index (χ2n) is 15.8. The highest BCUT2D eigenvalue weighted by Crippen LogP contribution is 2.30. The van der Waals surface area contributed by atoms with Crippen molar-refractivity contribution >= 4 is 0 Å². The van der Waals surface area contributed by atoms with Crippen LogP contribution in [0.2, 0.25) is 0 Å². The number of hydrogen-bond donors (Lipinski definition) is 16. The van der Waals surface area contributed by atoms with Gasteiger partial charge >= 0.3 is 0 Å². The predicted octanol–water partition coefficient (Wildman–Crippen LogP) is -8.43. The second kappa shape index (κ2) is 23.2. The van der Waals surface area contributed by atoms with E-state index in [0.717, 1.165) is 12.8 Å². The van der Waals surface area contributed by atoms with E-state index in [-0.39, 0.29) is 58.7 Å². The van der Waals surface area contributed by atoms with Crippen molar-refractivity contribution in [2.75, 3.05) is 52.5 Å². The van der Waals surface area contributed by atoms with E-state index in [1.54, 1.807) is 0 Å². The fraction of sp³-hybridized carbons (Fsp3) is 1.00. The summed E-state index contributed by atoms with van der Waals surface area (Å²) < 4.78 is 35.1. The van der Waals surface area contributed by atoms with Gasteiger partial charge in [-0.05, 0) is 45.2 Å². The van der Waals surface area contributed by atoms with Crippen molar-refractivity contribution in [3.63, 3.8) is 0 Å². The molecule has 22 nitrogen and oxygen atoms in total. The first-order chi connectivity index (χ1) is 26.6. The van der Waals surface area contributed by atoms with Gasteiger partial charge in [0.05, 0.1) is 61.9 Å². The molecule has 0 aromatic rings. The quantitative estimate of drug-likeness (QED) is 0.0478. The van der Waals surface area contributed by atoms with E-state index in [1.165, 1.54) is 0 Å². The topological polar surface area (TPSA) is 409 Å². The maximum absolute atomic E-state index is 11.1. The molecular weight excluding hydrogens is 740 g/mol. The van der Waals surface area contributed by atoms with Gasteiger partial charge in [0.1, 0.15) is 36.6 Å². The highest BCUT2D eigenvalue weighted by molar-refractivity contribution is 5.01. The first-order valence-electron chi connectivity index (χ1n) is 19.9. The summed E-state index contributed by atoms with van der Waals surface area (Å²) >= 11 is 0. The van der Waals surface area contributed by atoms with Gasteiger partial charge < -0.3 is 116 Å². The molecule has 0 aromatic carbocycles. The Morgan fingerprint density at radius 2 is 1.05 bits per heavy atom. The second-order valence-corrected chi connectivity index (χ2v) is 15.8. The maximum atomic E-state index is 11.1. The lowest BCUT2D eigenvalue weighted by Crippen LogP contribution is -2.65. The summed E-state index contributed by atoms with van der Waals surface area (Å²) in [5, 5.41) is 70.0. The molecule has 4 rings (SSSR count). The molecule has 4 aliphatic rings. The Morgan fingerprint density at radius 1 is 0.571 bits per heavy atom. The molecule has 24 N–H and O–H groups in total. The molecule has 0 spiro atoms. The van der Waals surface area contributed by atoms with E-state index in [0.29, 0.717) is 19.5 Å². The van der Waals surface area contributed by atoms with Crippen LogP contribution in [0.3, 0.4) is 0 Å². The predicted molar refractivity (Wildman–Crippen MR) is 202 cm³/mol. The molecular formula is C34H72N10O12. The lowest BCUT2D eigenvalue weighted by molar-refractivity contribution is -0.270. The SMILES string of the molecule is NC[C@@H]1C[C@H](O)[C@@H](N)[C@H](O[C@H]2[C@H](O)[C@@H](OC[C@@H](O)CNCCCCNC[C@@H](O)CO[C@@H]3[C@@H](O)[C@H](O[C@H]4O[C@H](CN)[C@@H](O)C[C@H]4N)[C@@H](N)C[C@H]3N)[C@H](N)C[C@@H]2N)O1. The van der Waals surface area contributed by atoms with Crippen molar-refractivity contribution in [3.05, 3.63) is 0 Å². The molecule has 0 aromatic heterocycles. The lowest BCUT2D eigenvalue weighted by Gasteiger charge is -2.45. The van der Waals surface area contributed by atoms with Gasteiger partial charge in [-0.3, -0.25) is 0 Å². The van der Waals surface area contributed by atoms with Gasteiger partial charge in [0.15, 0.2) is 12.6 Å². The molecule has 2 saturated heterocycles. The summed E-state index contributed by atoms with van der Waals surface area (Å²) in [6.07, 6.45) is -9.89. The van der Waals surface area contributed by atoms with E-state index < -0.39 is 122 Å². The number of nitrogens with two attached hydrogens (primary N) is 8. The average molecular weight is 813 g/mol. The standard InChI is InChI=1S/C34H72N10O12/c35-9-17-5-24(48)26(42)34(53-17)56-32-21(40)7-19(38)30(28(32)50)52-14-16(46)12-44-4-2-1-3-43-11-15(45)13-51-29-18(37)6-20(39)31(27(29)49)55-33-22(41)8-23(47)25(10-36)54-33/h15-34,43-50H,1-14,35-42H2/t15-,16+,17+,18-,19-,20+,21+,22-,23+,24+,25-,26-,27-,28-,29+,30+,31-,32-,33-,34+/m1/s1. The Morgan fingerprint density at radius 3 is 1.54 bits per heavy atom. The van der Waals surface area contributed by atoms with Crippen LogP contribution < -0.4 is 56.5 Å². The van der Waals surface area contributed by atoms with E-state index in [9.17, 15) is 30.6 Å². The van der Waals surface area contributed by atoms with Gasteiger partial charge in [0.25, 0.3) is 0 Å². The molecule has 2 heterocycles. The molecule has 4 fully saturated rings. The molecule has 2 aliphatic heterocycles. The molecule has 0 amide bonds. The van der Waals surface area contributed by atoms with Crippen molar-refractivity contribution in [2.45, 2.75) is 161 Å². The van der Waals surface area contributed by atoms with Gasteiger partial charge in [-0.15, -0.1) is 0 Å². The number of unbranched alkanes of at least 4 members (excludes halogenated alkanes) is 1. The summed E-state index contributed by atoms with van der Waals surface area (Å²) in [5.41, 5.74) is 48.6. The Labute approximate surface area is 328 Å². The minimum atomic E-state index is -1.23. The summed E-state index contributed by atoms with van der Waals surface area (Å²) in [6, 6.07) is -3.96. The third-order valence-electron chi connectivity index (χ3n) is 11.1. The van der Waals surface area contributed by atoms with Gasteiger partial charge in [-0.2, -0.15) is 0 Å². The number of aliphatic hydroxyl groups excluding tert-OH is 6. The number of hydrogen-bond acceptors (Lipinski definition) is 22. The van der Waals surface area contributed by atoms with E-state index in [2.05, 4.69) is 10.6 Å². The van der Waals surface area contributed by atoms with Crippen molar-refractivity contribution in [1.82, 2.24) is 10.6 Å². The summed E-state index contributed by atoms with van der Waals surface area (Å²) in [7, 11) is 0. The highest BCUT2D eigenvalue weighted by Gasteiger charge is 2.48. The zero-order valence-corrected chi connectivity index (χ0v) is 32.2. The van der Waals surface area contributed by atoms with Crippen molar-refractivity contribution in [3.8, 4) is 0 Å². The minimum absolute atomic E-state index is 0.0751. The largest absolute Gasteiger partial charge is 0.391 e. The van der Waals surface area contributed by atoms with Crippen LogP contribution in [0.5, 0.6) is 0 Å². The summed E-state index contributed by atoms with van der Waals surface area (Å²) in [6.45, 7) is 1.79. The van der Waals surface area contributed by atoms with E-state index in [4.69, 9.17) is 74.3 Å². The fourth-order valence-electron chi connectivity index (χ4n) is 7.74. The Bertz CT molecular complexity index is 1120. The van der Waals surface area contributed by atoms with Gasteiger partial charge in [0.2, 0.25) is 0 Å². The normalized spacial score (nSPS) is 43.4. The van der Waals surface area contributed by atoms with Crippen LogP contribution in [0.25, 0.3) is 0 Å². The van der Waals surface area contributed by atoms with Gasteiger partial charge in [-0.1, -0.05) is 0 Å². The molecule has 20 atom stereocenters. The van der Waals surface area contributed by atoms with Crippen LogP contribution >= 0.6 is 0 Å². The first-order valence-corrected chi connectivity index (χ1v) is 19.9. The van der Waals surface area contributed by atoms with Crippen LogP contribution in [0.15, 0.2) is 0 Å². The Hall–Kier alpha value is -0.880. The molecule has 2 saturated carbocycles. The monoisotopic (exact) mass is 813 g/mol. The minimum Gasteiger partial charge on any atom is -0.391 e. The van der Waals surface area contributed by atoms with Crippen molar-refractivity contribution in [2.24, 2.45) is 45.9 Å². The third-order valence-corrected chi connectivity index (χ3v) is 11.1. The molecule has 2 aliphatic carbocycles. The van der Waals surface area contributed by atoms with Crippen molar-refractivity contribution in [1.29, 1.82) is 0 Å². The number of ether oxygens (including phenoxy) is 6. The Kier molecular flexibility index (Phi) is 19.8. The van der Waals surface area contributed by atoms with Gasteiger partial charge in [0, 0.05) is 56.8 Å². The molecule has 330 valence electrons. The summed E-state index contributed by atoms with van der Waals surface area (Å²) in [5.74, 6) is 0. The van der Waals surface area contributed by atoms with Crippen LogP contribution in [0, 0.1) is 0 Å². The maximum Gasteiger partial charge on any atom is 0.176 e.